The Morgan fingerprint density at radius 1 is 1.12 bits per heavy atom. The Morgan fingerprint density at radius 3 is 2.21 bits per heavy atom. The molecular formula is C28H46N2O9S3. The summed E-state index contributed by atoms with van der Waals surface area (Å²) < 4.78 is 72.7. The molecule has 11 nitrogen and oxygen atoms in total. The van der Waals surface area contributed by atoms with Crippen molar-refractivity contribution in [2.75, 3.05) is 13.7 Å². The summed E-state index contributed by atoms with van der Waals surface area (Å²) in [4.78, 5) is 25.7. The van der Waals surface area contributed by atoms with E-state index in [0.717, 1.165) is 0 Å². The van der Waals surface area contributed by atoms with Crippen LogP contribution in [-0.4, -0.2) is 71.2 Å². The first-order valence-corrected chi connectivity index (χ1v) is 18.0. The van der Waals surface area contributed by atoms with Crippen molar-refractivity contribution < 1.29 is 40.6 Å². The van der Waals surface area contributed by atoms with Gasteiger partial charge in [0, 0.05) is 30.8 Å². The van der Waals surface area contributed by atoms with E-state index in [-0.39, 0.29) is 14.5 Å². The largest absolute Gasteiger partial charge is 0.458 e. The summed E-state index contributed by atoms with van der Waals surface area (Å²) in [5, 5.41) is 2.60. The van der Waals surface area contributed by atoms with Crippen LogP contribution in [0.15, 0.2) is 18.9 Å². The summed E-state index contributed by atoms with van der Waals surface area (Å²) in [5.41, 5.74) is -1.84. The summed E-state index contributed by atoms with van der Waals surface area (Å²) in [6.07, 6.45) is 1.45. The van der Waals surface area contributed by atoms with Crippen LogP contribution in [0.4, 0.5) is 0 Å². The maximum atomic E-state index is 13.3. The number of sulfone groups is 1. The molecule has 0 saturated carbocycles. The predicted octanol–water partition coefficient (Wildman–Crippen LogP) is 4.46. The summed E-state index contributed by atoms with van der Waals surface area (Å²) >= 11 is 0.710. The van der Waals surface area contributed by atoms with Gasteiger partial charge in [0.05, 0.1) is 11.2 Å². The fourth-order valence-corrected chi connectivity index (χ4v) is 9.41. The molecule has 2 heterocycles. The predicted molar refractivity (Wildman–Crippen MR) is 162 cm³/mol. The second-order valence-electron chi connectivity index (χ2n) is 11.3. The quantitative estimate of drug-likeness (QED) is 0.226. The minimum atomic E-state index is -4.23. The van der Waals surface area contributed by atoms with E-state index in [1.165, 1.54) is 19.4 Å². The molecular weight excluding hydrogens is 605 g/mol. The summed E-state index contributed by atoms with van der Waals surface area (Å²) in [6.45, 7) is 15.9. The minimum absolute atomic E-state index is 0.0508. The molecule has 7 atom stereocenters. The number of carbonyl (C=O) groups is 2. The van der Waals surface area contributed by atoms with Gasteiger partial charge in [-0.25, -0.2) is 13.2 Å². The SMILES string of the molecule is CCN[C@H]1C[C@H](C)S(=O)(=O)c2sc(S(=O)(=O)/N=C/C(C)C(C)(CC)OC(=O)C(C)C(C)(CC)OC(=O)C(C)OC)cc21. The number of hydrogen-bond donors (Lipinski definition) is 1. The second-order valence-corrected chi connectivity index (χ2v) is 16.8. The molecule has 0 radical (unpaired) electrons. The highest BCUT2D eigenvalue weighted by Gasteiger charge is 2.44. The van der Waals surface area contributed by atoms with E-state index in [1.807, 2.05) is 6.92 Å². The lowest BCUT2D eigenvalue weighted by Gasteiger charge is -2.38. The van der Waals surface area contributed by atoms with Crippen molar-refractivity contribution in [2.24, 2.45) is 16.2 Å². The van der Waals surface area contributed by atoms with Crippen LogP contribution in [-0.2, 0) is 43.7 Å². The average molecular weight is 651 g/mol. The van der Waals surface area contributed by atoms with Gasteiger partial charge < -0.3 is 19.5 Å². The zero-order valence-electron chi connectivity index (χ0n) is 26.2. The van der Waals surface area contributed by atoms with E-state index >= 15 is 0 Å². The molecule has 5 unspecified atom stereocenters. The number of nitrogens with zero attached hydrogens (tertiary/aromatic N) is 1. The number of ether oxygens (including phenoxy) is 3. The molecule has 0 aromatic carbocycles. The molecule has 0 aliphatic carbocycles. The number of rotatable bonds is 14. The Morgan fingerprint density at radius 2 is 1.69 bits per heavy atom. The van der Waals surface area contributed by atoms with Gasteiger partial charge in [0.1, 0.15) is 19.6 Å². The van der Waals surface area contributed by atoms with Crippen LogP contribution in [0.25, 0.3) is 0 Å². The third-order valence-corrected chi connectivity index (χ3v) is 14.2. The lowest BCUT2D eigenvalue weighted by atomic mass is 9.86. The topological polar surface area (TPSA) is 154 Å². The van der Waals surface area contributed by atoms with Crippen LogP contribution in [0.1, 0.15) is 93.2 Å². The van der Waals surface area contributed by atoms with Gasteiger partial charge in [-0.1, -0.05) is 27.7 Å². The smallest absolute Gasteiger partial charge is 0.335 e. The Labute approximate surface area is 254 Å². The Bertz CT molecular complexity index is 1370. The lowest BCUT2D eigenvalue weighted by molar-refractivity contribution is -0.188. The average Bonchev–Trinajstić information content (AvgIpc) is 3.42. The van der Waals surface area contributed by atoms with Crippen molar-refractivity contribution in [2.45, 2.75) is 119 Å². The Kier molecular flexibility index (Phi) is 12.0. The van der Waals surface area contributed by atoms with Crippen molar-refractivity contribution in [1.29, 1.82) is 0 Å². The molecule has 0 saturated heterocycles. The molecule has 2 rings (SSSR count). The molecule has 1 aliphatic rings. The monoisotopic (exact) mass is 650 g/mol. The summed E-state index contributed by atoms with van der Waals surface area (Å²) in [7, 11) is -6.50. The van der Waals surface area contributed by atoms with E-state index in [9.17, 15) is 26.4 Å². The maximum absolute atomic E-state index is 13.3. The molecule has 0 fully saturated rings. The number of nitrogens with one attached hydrogen (secondary N) is 1. The van der Waals surface area contributed by atoms with Crippen LogP contribution in [0.5, 0.6) is 0 Å². The van der Waals surface area contributed by atoms with Gasteiger partial charge in [0.2, 0.25) is 0 Å². The molecule has 240 valence electrons. The summed E-state index contributed by atoms with van der Waals surface area (Å²) in [5.74, 6) is -2.67. The van der Waals surface area contributed by atoms with Gasteiger partial charge in [-0.05, 0) is 66.5 Å². The fraction of sp³-hybridized carbons (Fsp3) is 0.750. The normalized spacial score (nSPS) is 23.7. The molecule has 1 aliphatic heterocycles. The highest BCUT2D eigenvalue weighted by atomic mass is 32.3. The molecule has 0 amide bonds. The van der Waals surface area contributed by atoms with E-state index < -0.39 is 66.2 Å². The zero-order valence-corrected chi connectivity index (χ0v) is 28.7. The standard InChI is InChI=1S/C28H46N2O9S3/c1-11-27(8,38-24(31)19(6)28(9,12-2)39-25(32)20(7)37-10)17(4)16-30-42(35,36)23-15-21-22(29-13-3)14-18(5)41(33,34)26(21)40-23/h15-20,22,29H,11-14H2,1-10H3/b30-16+/t17?,18-,19?,20?,22-,27?,28?/m0/s1. The Hall–Kier alpha value is -1.87. The van der Waals surface area contributed by atoms with E-state index in [2.05, 4.69) is 9.71 Å². The number of thiophene rings is 1. The first-order valence-electron chi connectivity index (χ1n) is 14.2. The summed E-state index contributed by atoms with van der Waals surface area (Å²) in [6, 6.07) is 1.12. The van der Waals surface area contributed by atoms with Crippen LogP contribution in [0.3, 0.4) is 0 Å². The molecule has 0 bridgehead atoms. The van der Waals surface area contributed by atoms with Gasteiger partial charge in [-0.3, -0.25) is 4.79 Å². The Balaban J connectivity index is 2.30. The molecule has 1 aromatic heterocycles. The minimum Gasteiger partial charge on any atom is -0.458 e. The number of sulfonamides is 1. The molecule has 14 heteroatoms. The molecule has 42 heavy (non-hydrogen) atoms. The molecule has 1 aromatic rings. The maximum Gasteiger partial charge on any atom is 0.335 e. The van der Waals surface area contributed by atoms with Gasteiger partial charge >= 0.3 is 11.9 Å². The van der Waals surface area contributed by atoms with Crippen molar-refractivity contribution in [3.8, 4) is 0 Å². The molecule has 0 spiro atoms. The first kappa shape index (κ1) is 36.3. The first-order chi connectivity index (χ1) is 19.3. The highest BCUT2D eigenvalue weighted by Crippen LogP contribution is 2.43. The highest BCUT2D eigenvalue weighted by molar-refractivity contribution is 7.96. The van der Waals surface area contributed by atoms with Gasteiger partial charge in [-0.15, -0.1) is 11.3 Å². The van der Waals surface area contributed by atoms with Crippen molar-refractivity contribution in [3.63, 3.8) is 0 Å². The number of hydrogen-bond acceptors (Lipinski definition) is 11. The van der Waals surface area contributed by atoms with Crippen molar-refractivity contribution in [1.82, 2.24) is 5.32 Å². The van der Waals surface area contributed by atoms with Crippen LogP contribution in [0.2, 0.25) is 0 Å². The number of methoxy groups -OCH3 is 1. The third kappa shape index (κ3) is 7.61. The fourth-order valence-electron chi connectivity index (χ4n) is 4.48. The van der Waals surface area contributed by atoms with Gasteiger partial charge in [-0.2, -0.15) is 12.8 Å². The second kappa shape index (κ2) is 13.8. The van der Waals surface area contributed by atoms with E-state index in [1.54, 1.807) is 55.4 Å². The van der Waals surface area contributed by atoms with E-state index in [0.29, 0.717) is 42.7 Å². The zero-order chi connectivity index (χ0) is 32.3. The lowest BCUT2D eigenvalue weighted by Crippen LogP contribution is -2.48. The van der Waals surface area contributed by atoms with E-state index in [4.69, 9.17) is 14.2 Å². The van der Waals surface area contributed by atoms with Crippen LogP contribution >= 0.6 is 11.3 Å². The van der Waals surface area contributed by atoms with Crippen molar-refractivity contribution >= 4 is 49.4 Å². The number of esters is 2. The van der Waals surface area contributed by atoms with Gasteiger partial charge in [0.25, 0.3) is 10.0 Å². The molecule has 1 N–H and O–H groups in total. The van der Waals surface area contributed by atoms with Crippen LogP contribution in [0, 0.1) is 11.8 Å². The van der Waals surface area contributed by atoms with Crippen molar-refractivity contribution in [3.05, 3.63) is 11.6 Å². The third-order valence-electron chi connectivity index (χ3n) is 8.55. The van der Waals surface area contributed by atoms with Gasteiger partial charge in [0.15, 0.2) is 15.9 Å². The van der Waals surface area contributed by atoms with Crippen LogP contribution < -0.4 is 5.32 Å². The number of carbonyl (C=O) groups excluding carboxylic acids is 2. The number of fused-ring (bicyclic) bond motifs is 1.